The molecule has 7 rings (SSSR count). The first-order valence-corrected chi connectivity index (χ1v) is 16.5. The van der Waals surface area contributed by atoms with Gasteiger partial charge in [-0.25, -0.2) is 9.97 Å². The Bertz CT molecular complexity index is 1790. The number of aryl methyl sites for hydroxylation is 2. The first kappa shape index (κ1) is 29.8. The van der Waals surface area contributed by atoms with Crippen LogP contribution in [0.1, 0.15) is 81.4 Å². The summed E-state index contributed by atoms with van der Waals surface area (Å²) >= 11 is 0. The number of hydrogen-bond acceptors (Lipinski definition) is 6. The van der Waals surface area contributed by atoms with Gasteiger partial charge in [0.2, 0.25) is 5.91 Å². The molecule has 2 fully saturated rings. The first-order chi connectivity index (χ1) is 21.6. The molecule has 3 aliphatic rings. The van der Waals surface area contributed by atoms with Gasteiger partial charge in [0, 0.05) is 42.5 Å². The fraction of sp³-hybridized carbons (Fsp3) is 0.543. The van der Waals surface area contributed by atoms with Gasteiger partial charge in [0.05, 0.1) is 30.1 Å². The molecule has 0 spiro atoms. The lowest BCUT2D eigenvalue weighted by Crippen LogP contribution is -2.47. The fourth-order valence-corrected chi connectivity index (χ4v) is 7.37. The number of hydrogen-bond donors (Lipinski definition) is 3. The molecule has 4 atom stereocenters. The van der Waals surface area contributed by atoms with E-state index in [4.69, 9.17) is 14.7 Å². The number of pyridine rings is 1. The molecule has 1 saturated heterocycles. The fourth-order valence-electron chi connectivity index (χ4n) is 7.37. The monoisotopic (exact) mass is 611 g/mol. The van der Waals surface area contributed by atoms with E-state index in [1.165, 1.54) is 6.42 Å². The Labute approximate surface area is 264 Å². The lowest BCUT2D eigenvalue weighted by Gasteiger charge is -2.26. The zero-order chi connectivity index (χ0) is 31.5. The van der Waals surface area contributed by atoms with E-state index < -0.39 is 5.41 Å². The van der Waals surface area contributed by atoms with E-state index in [2.05, 4.69) is 37.2 Å². The second kappa shape index (κ2) is 11.5. The van der Waals surface area contributed by atoms with Gasteiger partial charge < -0.3 is 29.8 Å². The summed E-state index contributed by atoms with van der Waals surface area (Å²) in [7, 11) is 3.64. The van der Waals surface area contributed by atoms with Crippen LogP contribution in [0.15, 0.2) is 30.3 Å². The number of piperidine rings is 1. The Morgan fingerprint density at radius 2 is 1.91 bits per heavy atom. The molecule has 1 saturated carbocycles. The van der Waals surface area contributed by atoms with Gasteiger partial charge in [-0.05, 0) is 74.9 Å². The van der Waals surface area contributed by atoms with Crippen molar-refractivity contribution in [2.75, 3.05) is 20.2 Å². The quantitative estimate of drug-likeness (QED) is 0.296. The van der Waals surface area contributed by atoms with Crippen molar-refractivity contribution in [2.45, 2.75) is 77.9 Å². The molecule has 10 heteroatoms. The number of fused-ring (bicyclic) bond motifs is 3. The molecule has 0 unspecified atom stereocenters. The standard InChI is InChI=1S/C35H45N7O3/c1-20-25-11-10-21-16-28(42(31(21)38-25)13-9-7-6-8-12-35(2,3)34(44)37-20)32-39-26-15-22(17-29(45-5)30(26)41(32)4)33(43)40-27-19-36-18-23-14-24(23)27/h10-11,15-17,20,23-24,27,36H,6-9,12-14,18-19H2,1-5H3,(H,37,44)(H,40,43)/t20-,23+,24+,27-/m1/s1. The molecule has 10 nitrogen and oxygen atoms in total. The Balaban J connectivity index is 1.27. The third kappa shape index (κ3) is 5.47. The van der Waals surface area contributed by atoms with E-state index in [1.807, 2.05) is 46.0 Å². The number of nitrogens with one attached hydrogen (secondary N) is 3. The number of imidazole rings is 1. The summed E-state index contributed by atoms with van der Waals surface area (Å²) in [6.45, 7) is 8.74. The highest BCUT2D eigenvalue weighted by Gasteiger charge is 2.45. The van der Waals surface area contributed by atoms with Crippen LogP contribution < -0.4 is 20.7 Å². The maximum Gasteiger partial charge on any atom is 0.251 e. The number of rotatable bonds is 4. The summed E-state index contributed by atoms with van der Waals surface area (Å²) in [5, 5.41) is 10.9. The molecule has 4 aromatic rings. The normalized spacial score (nSPS) is 25.0. The van der Waals surface area contributed by atoms with Gasteiger partial charge in [0.25, 0.3) is 5.91 Å². The minimum absolute atomic E-state index is 0.0684. The molecule has 3 N–H and O–H groups in total. The average molecular weight is 612 g/mol. The van der Waals surface area contributed by atoms with E-state index in [0.29, 0.717) is 23.1 Å². The number of nitrogens with zero attached hydrogens (tertiary/aromatic N) is 4. The molecule has 3 aromatic heterocycles. The van der Waals surface area contributed by atoms with Crippen LogP contribution in [0.3, 0.4) is 0 Å². The SMILES string of the molecule is COc1cc(C(=O)N[C@@H]2CNC[C@@H]3C[C@@H]32)cc2nc(-c3cc4ccc5nc4n3CCCCCCC(C)(C)C(=O)N[C@@H]5C)n(C)c12. The number of benzene rings is 1. The van der Waals surface area contributed by atoms with Gasteiger partial charge in [0.1, 0.15) is 16.9 Å². The van der Waals surface area contributed by atoms with Crippen molar-refractivity contribution in [2.24, 2.45) is 24.3 Å². The van der Waals surface area contributed by atoms with Crippen molar-refractivity contribution in [3.8, 4) is 17.3 Å². The predicted molar refractivity (Wildman–Crippen MR) is 175 cm³/mol. The van der Waals surface area contributed by atoms with Crippen molar-refractivity contribution in [3.05, 3.63) is 41.6 Å². The molecule has 2 amide bonds. The second-order valence-electron chi connectivity index (χ2n) is 14.0. The Kier molecular flexibility index (Phi) is 7.58. The lowest BCUT2D eigenvalue weighted by molar-refractivity contribution is -0.130. The third-order valence-electron chi connectivity index (χ3n) is 10.3. The summed E-state index contributed by atoms with van der Waals surface area (Å²) in [6.07, 6.45) is 6.20. The van der Waals surface area contributed by atoms with Gasteiger partial charge in [-0.1, -0.05) is 33.1 Å². The molecule has 238 valence electrons. The Hall–Kier alpha value is -3.92. The zero-order valence-corrected chi connectivity index (χ0v) is 27.1. The molecule has 5 heterocycles. The van der Waals surface area contributed by atoms with Crippen LogP contribution in [0.5, 0.6) is 5.75 Å². The number of ether oxygens (including phenoxy) is 1. The Morgan fingerprint density at radius 1 is 1.09 bits per heavy atom. The minimum atomic E-state index is -0.412. The van der Waals surface area contributed by atoms with Crippen LogP contribution >= 0.6 is 0 Å². The van der Waals surface area contributed by atoms with E-state index in [1.54, 1.807) is 7.11 Å². The van der Waals surface area contributed by atoms with Crippen molar-refractivity contribution in [3.63, 3.8) is 0 Å². The summed E-state index contributed by atoms with van der Waals surface area (Å²) in [4.78, 5) is 36.8. The van der Waals surface area contributed by atoms with E-state index >= 15 is 0 Å². The molecule has 1 aromatic carbocycles. The number of methoxy groups -OCH3 is 1. The topological polar surface area (TPSA) is 115 Å². The maximum atomic E-state index is 13.4. The van der Waals surface area contributed by atoms with Gasteiger partial charge in [-0.3, -0.25) is 9.59 Å². The number of carbonyl (C=O) groups excluding carboxylic acids is 2. The largest absolute Gasteiger partial charge is 0.494 e. The van der Waals surface area contributed by atoms with Crippen LogP contribution in [0.4, 0.5) is 0 Å². The molecule has 2 bridgehead atoms. The van der Waals surface area contributed by atoms with Gasteiger partial charge in [-0.15, -0.1) is 0 Å². The number of amides is 2. The predicted octanol–water partition coefficient (Wildman–Crippen LogP) is 5.10. The highest BCUT2D eigenvalue weighted by molar-refractivity contribution is 6.00. The Morgan fingerprint density at radius 3 is 2.73 bits per heavy atom. The van der Waals surface area contributed by atoms with Gasteiger partial charge in [-0.2, -0.15) is 0 Å². The molecular weight excluding hydrogens is 566 g/mol. The lowest BCUT2D eigenvalue weighted by atomic mass is 9.85. The summed E-state index contributed by atoms with van der Waals surface area (Å²) in [5.41, 5.74) is 4.40. The third-order valence-corrected chi connectivity index (χ3v) is 10.3. The van der Waals surface area contributed by atoms with Crippen LogP contribution in [0.25, 0.3) is 33.6 Å². The van der Waals surface area contributed by atoms with Gasteiger partial charge >= 0.3 is 0 Å². The molecule has 2 aliphatic heterocycles. The minimum Gasteiger partial charge on any atom is -0.494 e. The molecule has 0 radical (unpaired) electrons. The average Bonchev–Trinajstić information content (AvgIpc) is 3.64. The van der Waals surface area contributed by atoms with E-state index in [9.17, 15) is 9.59 Å². The first-order valence-electron chi connectivity index (χ1n) is 16.5. The summed E-state index contributed by atoms with van der Waals surface area (Å²) in [5.74, 6) is 2.65. The zero-order valence-electron chi connectivity index (χ0n) is 27.1. The molecular formula is C35H45N7O3. The summed E-state index contributed by atoms with van der Waals surface area (Å²) in [6, 6.07) is 9.90. The maximum absolute atomic E-state index is 13.4. The van der Waals surface area contributed by atoms with Crippen molar-refractivity contribution < 1.29 is 14.3 Å². The van der Waals surface area contributed by atoms with Crippen molar-refractivity contribution >= 4 is 33.9 Å². The van der Waals surface area contributed by atoms with Gasteiger partial charge in [0.15, 0.2) is 5.82 Å². The van der Waals surface area contributed by atoms with Crippen molar-refractivity contribution in [1.29, 1.82) is 0 Å². The van der Waals surface area contributed by atoms with Crippen LogP contribution in [0.2, 0.25) is 0 Å². The number of aromatic nitrogens is 4. The highest BCUT2D eigenvalue weighted by Crippen LogP contribution is 2.43. The van der Waals surface area contributed by atoms with E-state index in [0.717, 1.165) is 91.0 Å². The van der Waals surface area contributed by atoms with E-state index in [-0.39, 0.29) is 23.9 Å². The summed E-state index contributed by atoms with van der Waals surface area (Å²) < 4.78 is 10.2. The van der Waals surface area contributed by atoms with Crippen LogP contribution in [0, 0.1) is 17.3 Å². The smallest absolute Gasteiger partial charge is 0.251 e. The highest BCUT2D eigenvalue weighted by atomic mass is 16.5. The second-order valence-corrected chi connectivity index (χ2v) is 14.0. The number of carbonyl (C=O) groups is 2. The van der Waals surface area contributed by atoms with Crippen LogP contribution in [-0.4, -0.2) is 57.2 Å². The molecule has 1 aliphatic carbocycles. The van der Waals surface area contributed by atoms with Crippen LogP contribution in [-0.2, 0) is 18.4 Å². The van der Waals surface area contributed by atoms with Crippen molar-refractivity contribution in [1.82, 2.24) is 35.1 Å². The molecule has 45 heavy (non-hydrogen) atoms.